The Morgan fingerprint density at radius 3 is 2.33 bits per heavy atom. The summed E-state index contributed by atoms with van der Waals surface area (Å²) < 4.78 is 11.3. The van der Waals surface area contributed by atoms with Crippen LogP contribution in [0.25, 0.3) is 21.9 Å². The molecule has 0 aromatic heterocycles. The average molecular weight is 278 g/mol. The van der Waals surface area contributed by atoms with E-state index in [4.69, 9.17) is 9.47 Å². The summed E-state index contributed by atoms with van der Waals surface area (Å²) in [4.78, 5) is 0. The Balaban J connectivity index is 2.39. The lowest BCUT2D eigenvalue weighted by Gasteiger charge is -2.16. The van der Waals surface area contributed by atoms with Gasteiger partial charge in [0.2, 0.25) is 0 Å². The zero-order valence-corrected chi connectivity index (χ0v) is 12.5. The summed E-state index contributed by atoms with van der Waals surface area (Å²) in [7, 11) is 3.41. The van der Waals surface area contributed by atoms with Crippen LogP contribution in [0, 0.1) is 6.92 Å². The van der Waals surface area contributed by atoms with Crippen molar-refractivity contribution >= 4 is 10.8 Å². The minimum Gasteiger partial charge on any atom is -0.496 e. The molecule has 0 amide bonds. The van der Waals surface area contributed by atoms with Gasteiger partial charge in [0.25, 0.3) is 0 Å². The maximum Gasteiger partial charge on any atom is 0.138 e. The van der Waals surface area contributed by atoms with E-state index in [-0.39, 0.29) is 0 Å². The monoisotopic (exact) mass is 278 g/mol. The number of fused-ring (bicyclic) bond motifs is 1. The molecule has 0 saturated carbocycles. The van der Waals surface area contributed by atoms with E-state index in [0.29, 0.717) is 0 Å². The molecule has 0 aliphatic rings. The molecule has 0 fully saturated rings. The van der Waals surface area contributed by atoms with E-state index >= 15 is 0 Å². The van der Waals surface area contributed by atoms with E-state index in [1.807, 2.05) is 12.1 Å². The van der Waals surface area contributed by atoms with E-state index in [1.54, 1.807) is 14.2 Å². The molecule has 106 valence electrons. The first-order chi connectivity index (χ1) is 10.2. The molecule has 0 saturated heterocycles. The topological polar surface area (TPSA) is 18.5 Å². The first-order valence-electron chi connectivity index (χ1n) is 6.95. The maximum absolute atomic E-state index is 5.72. The molecule has 21 heavy (non-hydrogen) atoms. The number of benzene rings is 3. The minimum atomic E-state index is 0.830. The fourth-order valence-electron chi connectivity index (χ4n) is 2.74. The third kappa shape index (κ3) is 2.33. The number of hydrogen-bond donors (Lipinski definition) is 0. The van der Waals surface area contributed by atoms with E-state index in [2.05, 4.69) is 49.4 Å². The molecule has 0 atom stereocenters. The van der Waals surface area contributed by atoms with Crippen LogP contribution in [0.2, 0.25) is 0 Å². The fourth-order valence-corrected chi connectivity index (χ4v) is 2.74. The second kappa shape index (κ2) is 5.49. The van der Waals surface area contributed by atoms with Crippen molar-refractivity contribution in [3.05, 3.63) is 60.2 Å². The van der Waals surface area contributed by atoms with Gasteiger partial charge in [0.1, 0.15) is 11.5 Å². The molecule has 0 unspecified atom stereocenters. The summed E-state index contributed by atoms with van der Waals surface area (Å²) >= 11 is 0. The van der Waals surface area contributed by atoms with Gasteiger partial charge in [-0.05, 0) is 23.9 Å². The SMILES string of the molecule is COc1cc2ccccc2c(OC)c1-c1cccc(C)c1. The Morgan fingerprint density at radius 1 is 0.810 bits per heavy atom. The summed E-state index contributed by atoms with van der Waals surface area (Å²) in [6, 6.07) is 18.6. The predicted molar refractivity (Wildman–Crippen MR) is 87.2 cm³/mol. The van der Waals surface area contributed by atoms with Gasteiger partial charge in [0, 0.05) is 5.39 Å². The number of hydrogen-bond acceptors (Lipinski definition) is 2. The number of rotatable bonds is 3. The number of methoxy groups -OCH3 is 2. The second-order valence-corrected chi connectivity index (χ2v) is 5.08. The van der Waals surface area contributed by atoms with E-state index in [0.717, 1.165) is 33.4 Å². The molecule has 0 aliphatic carbocycles. The molecule has 2 heteroatoms. The lowest BCUT2D eigenvalue weighted by molar-refractivity contribution is 0.401. The summed E-state index contributed by atoms with van der Waals surface area (Å²) in [5, 5.41) is 2.21. The molecule has 3 aromatic carbocycles. The Kier molecular flexibility index (Phi) is 3.53. The lowest BCUT2D eigenvalue weighted by Crippen LogP contribution is -1.95. The average Bonchev–Trinajstić information content (AvgIpc) is 2.52. The van der Waals surface area contributed by atoms with Crippen molar-refractivity contribution in [2.75, 3.05) is 14.2 Å². The first-order valence-corrected chi connectivity index (χ1v) is 6.95. The minimum absolute atomic E-state index is 0.830. The Morgan fingerprint density at radius 2 is 1.62 bits per heavy atom. The van der Waals surface area contributed by atoms with Gasteiger partial charge in [-0.2, -0.15) is 0 Å². The lowest BCUT2D eigenvalue weighted by atomic mass is 9.97. The fraction of sp³-hybridized carbons (Fsp3) is 0.158. The van der Waals surface area contributed by atoms with Gasteiger partial charge in [-0.15, -0.1) is 0 Å². The van der Waals surface area contributed by atoms with Crippen LogP contribution in [0.15, 0.2) is 54.6 Å². The highest BCUT2D eigenvalue weighted by atomic mass is 16.5. The smallest absolute Gasteiger partial charge is 0.138 e. The van der Waals surface area contributed by atoms with Crippen molar-refractivity contribution in [2.45, 2.75) is 6.92 Å². The van der Waals surface area contributed by atoms with E-state index in [9.17, 15) is 0 Å². The van der Waals surface area contributed by atoms with Crippen LogP contribution >= 0.6 is 0 Å². The molecular weight excluding hydrogens is 260 g/mol. The third-order valence-electron chi connectivity index (χ3n) is 3.70. The Labute approximate surface area is 124 Å². The van der Waals surface area contributed by atoms with Gasteiger partial charge in [0.05, 0.1) is 19.8 Å². The van der Waals surface area contributed by atoms with Gasteiger partial charge in [-0.1, -0.05) is 54.1 Å². The van der Waals surface area contributed by atoms with Crippen LogP contribution in [0.5, 0.6) is 11.5 Å². The van der Waals surface area contributed by atoms with Crippen LogP contribution in [-0.4, -0.2) is 14.2 Å². The summed E-state index contributed by atoms with van der Waals surface area (Å²) in [5.74, 6) is 1.69. The maximum atomic E-state index is 5.72. The van der Waals surface area contributed by atoms with Crippen LogP contribution in [0.3, 0.4) is 0 Å². The van der Waals surface area contributed by atoms with Crippen molar-refractivity contribution in [3.8, 4) is 22.6 Å². The Hall–Kier alpha value is -2.48. The number of ether oxygens (including phenoxy) is 2. The van der Waals surface area contributed by atoms with Crippen LogP contribution in [0.1, 0.15) is 5.56 Å². The molecular formula is C19H18O2. The zero-order chi connectivity index (χ0) is 14.8. The summed E-state index contributed by atoms with van der Waals surface area (Å²) in [6.07, 6.45) is 0. The quantitative estimate of drug-likeness (QED) is 0.683. The highest BCUT2D eigenvalue weighted by molar-refractivity contribution is 5.98. The number of aryl methyl sites for hydroxylation is 1. The summed E-state index contributed by atoms with van der Waals surface area (Å²) in [6.45, 7) is 2.09. The van der Waals surface area contributed by atoms with Crippen molar-refractivity contribution in [3.63, 3.8) is 0 Å². The molecule has 0 aliphatic heterocycles. The van der Waals surface area contributed by atoms with Gasteiger partial charge >= 0.3 is 0 Å². The first kappa shape index (κ1) is 13.5. The highest BCUT2D eigenvalue weighted by Crippen LogP contribution is 2.43. The van der Waals surface area contributed by atoms with Crippen LogP contribution in [-0.2, 0) is 0 Å². The van der Waals surface area contributed by atoms with Crippen molar-refractivity contribution < 1.29 is 9.47 Å². The van der Waals surface area contributed by atoms with Crippen molar-refractivity contribution in [1.82, 2.24) is 0 Å². The molecule has 2 nitrogen and oxygen atoms in total. The highest BCUT2D eigenvalue weighted by Gasteiger charge is 2.16. The molecule has 0 radical (unpaired) electrons. The Bertz CT molecular complexity index is 791. The zero-order valence-electron chi connectivity index (χ0n) is 12.5. The summed E-state index contributed by atoms with van der Waals surface area (Å²) in [5.41, 5.74) is 3.32. The third-order valence-corrected chi connectivity index (χ3v) is 3.70. The van der Waals surface area contributed by atoms with E-state index in [1.165, 1.54) is 5.56 Å². The molecule has 3 aromatic rings. The van der Waals surface area contributed by atoms with Crippen LogP contribution in [0.4, 0.5) is 0 Å². The largest absolute Gasteiger partial charge is 0.496 e. The predicted octanol–water partition coefficient (Wildman–Crippen LogP) is 4.83. The van der Waals surface area contributed by atoms with Gasteiger partial charge < -0.3 is 9.47 Å². The molecule has 3 rings (SSSR count). The molecule has 0 spiro atoms. The van der Waals surface area contributed by atoms with Gasteiger partial charge in [-0.3, -0.25) is 0 Å². The molecule has 0 bridgehead atoms. The van der Waals surface area contributed by atoms with Gasteiger partial charge in [0.15, 0.2) is 0 Å². The molecule has 0 N–H and O–H groups in total. The van der Waals surface area contributed by atoms with Crippen LogP contribution < -0.4 is 9.47 Å². The molecule has 0 heterocycles. The second-order valence-electron chi connectivity index (χ2n) is 5.08. The normalized spacial score (nSPS) is 10.6. The standard InChI is InChI=1S/C19H18O2/c1-13-7-6-9-15(11-13)18-17(20-2)12-14-8-4-5-10-16(14)19(18)21-3/h4-12H,1-3H3. The van der Waals surface area contributed by atoms with Crippen molar-refractivity contribution in [1.29, 1.82) is 0 Å². The van der Waals surface area contributed by atoms with E-state index < -0.39 is 0 Å². The van der Waals surface area contributed by atoms with Crippen molar-refractivity contribution in [2.24, 2.45) is 0 Å². The van der Waals surface area contributed by atoms with Gasteiger partial charge in [-0.25, -0.2) is 0 Å².